The molecule has 1 N–H and O–H groups in total. The highest BCUT2D eigenvalue weighted by Gasteiger charge is 2.45. The Kier molecular flexibility index (Phi) is 8.28. The third-order valence-corrected chi connectivity index (χ3v) is 6.45. The standard InChI is InChI=1S/C28H34N2O6/c1-19(2)36-23-11-5-20(6-12-23)25-24(26(31)21-7-9-22(34-3)10-8-21)27(32)28(33)30(25)14-4-13-29-15-17-35-18-16-29/h5-12,19,25,31H,4,13-18H2,1-3H3/t25-/m1/s1. The van der Waals surface area contributed by atoms with Gasteiger partial charge in [-0.05, 0) is 62.2 Å². The Hall–Kier alpha value is -3.36. The van der Waals surface area contributed by atoms with Gasteiger partial charge in [0.1, 0.15) is 17.3 Å². The lowest BCUT2D eigenvalue weighted by Crippen LogP contribution is -2.38. The minimum absolute atomic E-state index is 0.0248. The number of benzene rings is 2. The first kappa shape index (κ1) is 25.7. The number of ether oxygens (including phenoxy) is 3. The maximum atomic E-state index is 13.2. The third kappa shape index (κ3) is 5.71. The first-order valence-electron chi connectivity index (χ1n) is 12.4. The molecule has 0 aromatic heterocycles. The summed E-state index contributed by atoms with van der Waals surface area (Å²) in [6, 6.07) is 13.4. The number of ketones is 1. The van der Waals surface area contributed by atoms with Gasteiger partial charge in [-0.15, -0.1) is 0 Å². The molecule has 0 radical (unpaired) electrons. The fourth-order valence-corrected chi connectivity index (χ4v) is 4.65. The number of hydrogen-bond acceptors (Lipinski definition) is 7. The molecule has 2 aromatic carbocycles. The molecule has 2 aliphatic heterocycles. The number of hydrogen-bond donors (Lipinski definition) is 1. The van der Waals surface area contributed by atoms with Crippen LogP contribution in [0.15, 0.2) is 54.1 Å². The van der Waals surface area contributed by atoms with Crippen LogP contribution in [0.4, 0.5) is 0 Å². The molecule has 1 amide bonds. The van der Waals surface area contributed by atoms with Crippen LogP contribution in [0, 0.1) is 0 Å². The number of amides is 1. The molecule has 0 bridgehead atoms. The van der Waals surface area contributed by atoms with E-state index in [4.69, 9.17) is 14.2 Å². The molecule has 0 saturated carbocycles. The van der Waals surface area contributed by atoms with E-state index in [-0.39, 0.29) is 17.4 Å². The van der Waals surface area contributed by atoms with Crippen molar-refractivity contribution >= 4 is 17.4 Å². The summed E-state index contributed by atoms with van der Waals surface area (Å²) >= 11 is 0. The Morgan fingerprint density at radius 1 is 1.00 bits per heavy atom. The van der Waals surface area contributed by atoms with E-state index in [9.17, 15) is 14.7 Å². The van der Waals surface area contributed by atoms with Crippen LogP contribution in [0.5, 0.6) is 11.5 Å². The van der Waals surface area contributed by atoms with Crippen LogP contribution < -0.4 is 9.47 Å². The van der Waals surface area contributed by atoms with Gasteiger partial charge in [-0.2, -0.15) is 0 Å². The molecule has 2 saturated heterocycles. The van der Waals surface area contributed by atoms with E-state index in [1.54, 1.807) is 36.3 Å². The molecular formula is C28H34N2O6. The van der Waals surface area contributed by atoms with Crippen molar-refractivity contribution in [2.45, 2.75) is 32.4 Å². The molecule has 36 heavy (non-hydrogen) atoms. The first-order valence-corrected chi connectivity index (χ1v) is 12.4. The van der Waals surface area contributed by atoms with Crippen molar-refractivity contribution < 1.29 is 28.9 Å². The molecule has 2 fully saturated rings. The van der Waals surface area contributed by atoms with Gasteiger partial charge in [0.2, 0.25) is 0 Å². The smallest absolute Gasteiger partial charge is 0.295 e. The largest absolute Gasteiger partial charge is 0.507 e. The molecule has 8 heteroatoms. The molecule has 4 rings (SSSR count). The van der Waals surface area contributed by atoms with Crippen molar-refractivity contribution in [2.24, 2.45) is 0 Å². The zero-order chi connectivity index (χ0) is 25.7. The normalized spacial score (nSPS) is 20.2. The number of rotatable bonds is 9. The van der Waals surface area contributed by atoms with Crippen LogP contribution in [0.25, 0.3) is 5.76 Å². The highest BCUT2D eigenvalue weighted by atomic mass is 16.5. The maximum Gasteiger partial charge on any atom is 0.295 e. The van der Waals surface area contributed by atoms with E-state index in [2.05, 4.69) is 4.90 Å². The fraction of sp³-hybridized carbons (Fsp3) is 0.429. The molecule has 0 spiro atoms. The fourth-order valence-electron chi connectivity index (χ4n) is 4.65. The second-order valence-electron chi connectivity index (χ2n) is 9.26. The Bertz CT molecular complexity index is 1090. The molecule has 8 nitrogen and oxygen atoms in total. The summed E-state index contributed by atoms with van der Waals surface area (Å²) in [6.45, 7) is 8.23. The van der Waals surface area contributed by atoms with Crippen molar-refractivity contribution in [3.63, 3.8) is 0 Å². The van der Waals surface area contributed by atoms with Gasteiger partial charge < -0.3 is 24.2 Å². The highest BCUT2D eigenvalue weighted by Crippen LogP contribution is 2.40. The topological polar surface area (TPSA) is 88.5 Å². The van der Waals surface area contributed by atoms with E-state index in [0.717, 1.165) is 25.2 Å². The Labute approximate surface area is 212 Å². The number of likely N-dealkylation sites (tertiary alicyclic amines) is 1. The molecule has 2 aromatic rings. The number of aliphatic hydroxyl groups excluding tert-OH is 1. The van der Waals surface area contributed by atoms with E-state index < -0.39 is 17.7 Å². The van der Waals surface area contributed by atoms with Crippen molar-refractivity contribution in [2.75, 3.05) is 46.5 Å². The quantitative estimate of drug-likeness (QED) is 0.324. The first-order chi connectivity index (χ1) is 17.4. The number of aliphatic hydroxyl groups is 1. The van der Waals surface area contributed by atoms with Crippen molar-refractivity contribution in [3.8, 4) is 11.5 Å². The second-order valence-corrected chi connectivity index (χ2v) is 9.26. The van der Waals surface area contributed by atoms with E-state index in [1.807, 2.05) is 38.1 Å². The van der Waals surface area contributed by atoms with Crippen LogP contribution in [-0.2, 0) is 14.3 Å². The Morgan fingerprint density at radius 3 is 2.25 bits per heavy atom. The van der Waals surface area contributed by atoms with Gasteiger partial charge in [0, 0.05) is 31.7 Å². The van der Waals surface area contributed by atoms with Crippen molar-refractivity contribution in [1.29, 1.82) is 0 Å². The number of methoxy groups -OCH3 is 1. The highest BCUT2D eigenvalue weighted by molar-refractivity contribution is 6.46. The van der Waals surface area contributed by atoms with Gasteiger partial charge in [-0.1, -0.05) is 12.1 Å². The van der Waals surface area contributed by atoms with E-state index in [1.165, 1.54) is 0 Å². The predicted molar refractivity (Wildman–Crippen MR) is 136 cm³/mol. The average Bonchev–Trinajstić information content (AvgIpc) is 3.14. The molecule has 2 heterocycles. The Balaban J connectivity index is 1.66. The second kappa shape index (κ2) is 11.6. The molecule has 2 aliphatic rings. The lowest BCUT2D eigenvalue weighted by molar-refractivity contribution is -0.140. The lowest BCUT2D eigenvalue weighted by Gasteiger charge is -2.29. The number of carbonyl (C=O) groups excluding carboxylic acids is 2. The van der Waals surface area contributed by atoms with Crippen LogP contribution in [0.2, 0.25) is 0 Å². The molecule has 1 atom stereocenters. The summed E-state index contributed by atoms with van der Waals surface area (Å²) in [4.78, 5) is 30.3. The van der Waals surface area contributed by atoms with Gasteiger partial charge in [0.15, 0.2) is 0 Å². The van der Waals surface area contributed by atoms with E-state index >= 15 is 0 Å². The summed E-state index contributed by atoms with van der Waals surface area (Å²) in [6.07, 6.45) is 0.734. The predicted octanol–water partition coefficient (Wildman–Crippen LogP) is 3.63. The monoisotopic (exact) mass is 494 g/mol. The van der Waals surface area contributed by atoms with Crippen molar-refractivity contribution in [1.82, 2.24) is 9.80 Å². The molecular weight excluding hydrogens is 460 g/mol. The number of Topliss-reactive ketones (excluding diaryl/α,β-unsaturated/α-hetero) is 1. The van der Waals surface area contributed by atoms with Crippen LogP contribution in [-0.4, -0.2) is 79.2 Å². The summed E-state index contributed by atoms with van der Waals surface area (Å²) < 4.78 is 16.4. The Morgan fingerprint density at radius 2 is 1.64 bits per heavy atom. The van der Waals surface area contributed by atoms with Crippen molar-refractivity contribution in [3.05, 3.63) is 65.2 Å². The van der Waals surface area contributed by atoms with Gasteiger partial charge in [0.25, 0.3) is 11.7 Å². The lowest BCUT2D eigenvalue weighted by atomic mass is 9.95. The molecule has 192 valence electrons. The molecule has 0 aliphatic carbocycles. The summed E-state index contributed by atoms with van der Waals surface area (Å²) in [5, 5.41) is 11.2. The average molecular weight is 495 g/mol. The van der Waals surface area contributed by atoms with E-state index in [0.29, 0.717) is 43.2 Å². The minimum atomic E-state index is -0.690. The summed E-state index contributed by atoms with van der Waals surface area (Å²) in [7, 11) is 1.56. The maximum absolute atomic E-state index is 13.2. The zero-order valence-corrected chi connectivity index (χ0v) is 21.1. The summed E-state index contributed by atoms with van der Waals surface area (Å²) in [5.41, 5.74) is 1.28. The number of nitrogens with zero attached hydrogens (tertiary/aromatic N) is 2. The number of carbonyl (C=O) groups is 2. The van der Waals surface area contributed by atoms with Gasteiger partial charge in [-0.25, -0.2) is 0 Å². The third-order valence-electron chi connectivity index (χ3n) is 6.45. The zero-order valence-electron chi connectivity index (χ0n) is 21.1. The number of morpholine rings is 1. The van der Waals surface area contributed by atoms with Gasteiger partial charge in [-0.3, -0.25) is 14.5 Å². The molecule has 0 unspecified atom stereocenters. The van der Waals surface area contributed by atoms with Crippen LogP contribution in [0.1, 0.15) is 37.4 Å². The summed E-state index contributed by atoms with van der Waals surface area (Å²) in [5.74, 6) is -0.137. The minimum Gasteiger partial charge on any atom is -0.507 e. The SMILES string of the molecule is COc1ccc(C(O)=C2C(=O)C(=O)N(CCCN3CCOCC3)[C@@H]2c2ccc(OC(C)C)cc2)cc1. The van der Waals surface area contributed by atoms with Crippen LogP contribution in [0.3, 0.4) is 0 Å². The van der Waals surface area contributed by atoms with Gasteiger partial charge >= 0.3 is 0 Å². The van der Waals surface area contributed by atoms with Crippen LogP contribution >= 0.6 is 0 Å². The van der Waals surface area contributed by atoms with Gasteiger partial charge in [0.05, 0.1) is 38.0 Å².